The highest BCUT2D eigenvalue weighted by molar-refractivity contribution is 5.78. The molecule has 1 aromatic carbocycles. The van der Waals surface area contributed by atoms with Crippen molar-refractivity contribution in [3.8, 4) is 5.75 Å². The van der Waals surface area contributed by atoms with Crippen molar-refractivity contribution < 1.29 is 19.4 Å². The Labute approximate surface area is 174 Å². The first-order valence-electron chi connectivity index (χ1n) is 10.4. The Morgan fingerprint density at radius 1 is 1.10 bits per heavy atom. The number of aliphatic carboxylic acids is 1. The van der Waals surface area contributed by atoms with Gasteiger partial charge in [0.25, 0.3) is 5.91 Å². The van der Waals surface area contributed by atoms with E-state index in [4.69, 9.17) is 4.74 Å². The number of ether oxygens (including phenoxy) is 1. The third kappa shape index (κ3) is 8.41. The molecule has 0 aromatic heterocycles. The summed E-state index contributed by atoms with van der Waals surface area (Å²) in [5.41, 5.74) is 0. The molecule has 0 radical (unpaired) electrons. The van der Waals surface area contributed by atoms with Gasteiger partial charge in [-0.25, -0.2) is 0 Å². The zero-order chi connectivity index (χ0) is 21.2. The van der Waals surface area contributed by atoms with Gasteiger partial charge in [-0.05, 0) is 64.5 Å². The van der Waals surface area contributed by atoms with Crippen LogP contribution in [0.25, 0.3) is 0 Å². The van der Waals surface area contributed by atoms with Crippen molar-refractivity contribution in [3.63, 3.8) is 0 Å². The van der Waals surface area contributed by atoms with Gasteiger partial charge in [0.05, 0.1) is 0 Å². The third-order valence-electron chi connectivity index (χ3n) is 5.60. The van der Waals surface area contributed by atoms with E-state index in [9.17, 15) is 14.7 Å². The number of rotatable bonds is 11. The first kappa shape index (κ1) is 23.2. The van der Waals surface area contributed by atoms with Gasteiger partial charge in [0, 0.05) is 32.6 Å². The Bertz CT molecular complexity index is 638. The van der Waals surface area contributed by atoms with Crippen LogP contribution in [-0.2, 0) is 9.59 Å². The molecule has 1 aliphatic rings. The maximum Gasteiger partial charge on any atom is 0.303 e. The monoisotopic (exact) mass is 405 g/mol. The number of piperidine rings is 1. The zero-order valence-corrected chi connectivity index (χ0v) is 17.9. The molecule has 29 heavy (non-hydrogen) atoms. The summed E-state index contributed by atoms with van der Waals surface area (Å²) in [5, 5.41) is 9.28. The summed E-state index contributed by atoms with van der Waals surface area (Å²) >= 11 is 0. The largest absolute Gasteiger partial charge is 0.484 e. The molecule has 1 heterocycles. The van der Waals surface area contributed by atoms with E-state index in [2.05, 4.69) is 30.9 Å². The quantitative estimate of drug-likeness (QED) is 0.606. The fourth-order valence-corrected chi connectivity index (χ4v) is 3.75. The van der Waals surface area contributed by atoms with Crippen LogP contribution < -0.4 is 4.74 Å². The van der Waals surface area contributed by atoms with Crippen LogP contribution in [0.5, 0.6) is 5.75 Å². The van der Waals surface area contributed by atoms with Crippen LogP contribution in [0.4, 0.5) is 0 Å². The summed E-state index contributed by atoms with van der Waals surface area (Å²) in [6.45, 7) is 4.08. The number of likely N-dealkylation sites (tertiary alicyclic amines) is 1. The lowest BCUT2D eigenvalue weighted by molar-refractivity contribution is -0.140. The minimum atomic E-state index is -0.756. The topological polar surface area (TPSA) is 73.3 Å². The molecule has 1 fully saturated rings. The lowest BCUT2D eigenvalue weighted by Gasteiger charge is -2.39. The number of hydrogen-bond donors (Lipinski definition) is 1. The molecule has 7 heteroatoms. The van der Waals surface area contributed by atoms with Crippen molar-refractivity contribution in [2.75, 3.05) is 60.5 Å². The second-order valence-corrected chi connectivity index (χ2v) is 8.24. The van der Waals surface area contributed by atoms with Crippen LogP contribution in [0.2, 0.25) is 0 Å². The predicted octanol–water partition coefficient (Wildman–Crippen LogP) is 1.89. The van der Waals surface area contributed by atoms with Gasteiger partial charge in [0.1, 0.15) is 5.75 Å². The van der Waals surface area contributed by atoms with Gasteiger partial charge in [-0.1, -0.05) is 18.2 Å². The van der Waals surface area contributed by atoms with E-state index < -0.39 is 5.97 Å². The van der Waals surface area contributed by atoms with E-state index in [0.717, 1.165) is 32.5 Å². The molecule has 0 spiro atoms. The van der Waals surface area contributed by atoms with Crippen LogP contribution in [0, 0.1) is 11.8 Å². The summed E-state index contributed by atoms with van der Waals surface area (Å²) in [7, 11) is 6.20. The molecule has 1 aliphatic heterocycles. The molecule has 0 aliphatic carbocycles. The molecule has 7 nitrogen and oxygen atoms in total. The van der Waals surface area contributed by atoms with E-state index in [1.807, 2.05) is 35.2 Å². The van der Waals surface area contributed by atoms with Gasteiger partial charge in [0.15, 0.2) is 6.61 Å². The lowest BCUT2D eigenvalue weighted by atomic mass is 9.81. The smallest absolute Gasteiger partial charge is 0.303 e. The molecular formula is C22H35N3O4. The van der Waals surface area contributed by atoms with Gasteiger partial charge in [-0.15, -0.1) is 0 Å². The molecule has 1 N–H and O–H groups in total. The van der Waals surface area contributed by atoms with Crippen molar-refractivity contribution in [3.05, 3.63) is 30.3 Å². The van der Waals surface area contributed by atoms with Gasteiger partial charge in [-0.3, -0.25) is 9.59 Å². The Morgan fingerprint density at radius 3 is 2.48 bits per heavy atom. The van der Waals surface area contributed by atoms with E-state index in [1.54, 1.807) is 0 Å². The number of para-hydroxylation sites is 1. The van der Waals surface area contributed by atoms with Crippen molar-refractivity contribution in [2.45, 2.75) is 19.3 Å². The van der Waals surface area contributed by atoms with E-state index in [1.165, 1.54) is 0 Å². The number of carboxylic acid groups (broad SMARTS) is 1. The minimum absolute atomic E-state index is 0.0169. The summed E-state index contributed by atoms with van der Waals surface area (Å²) in [5.74, 6) is 0.207. The fourth-order valence-electron chi connectivity index (χ4n) is 3.75. The first-order valence-corrected chi connectivity index (χ1v) is 10.4. The molecule has 162 valence electrons. The number of carbonyl (C=O) groups is 2. The number of carboxylic acids is 1. The number of amides is 1. The number of likely N-dealkylation sites (N-methyl/N-ethyl adjacent to an activating group) is 2. The Balaban J connectivity index is 1.88. The lowest BCUT2D eigenvalue weighted by Crippen LogP contribution is -2.46. The normalized spacial score (nSPS) is 19.6. The van der Waals surface area contributed by atoms with Gasteiger partial charge < -0.3 is 24.5 Å². The molecule has 0 unspecified atom stereocenters. The van der Waals surface area contributed by atoms with E-state index in [-0.39, 0.29) is 30.8 Å². The van der Waals surface area contributed by atoms with Crippen LogP contribution >= 0.6 is 0 Å². The highest BCUT2D eigenvalue weighted by Crippen LogP contribution is 2.29. The average molecular weight is 406 g/mol. The van der Waals surface area contributed by atoms with Crippen molar-refractivity contribution >= 4 is 11.9 Å². The highest BCUT2D eigenvalue weighted by atomic mass is 16.5. The van der Waals surface area contributed by atoms with Gasteiger partial charge in [0.2, 0.25) is 0 Å². The first-order chi connectivity index (χ1) is 13.8. The second-order valence-electron chi connectivity index (χ2n) is 8.24. The van der Waals surface area contributed by atoms with E-state index >= 15 is 0 Å². The average Bonchev–Trinajstić information content (AvgIpc) is 2.70. The number of benzene rings is 1. The van der Waals surface area contributed by atoms with Crippen molar-refractivity contribution in [1.29, 1.82) is 0 Å². The molecule has 0 saturated carbocycles. The molecule has 2 rings (SSSR count). The maximum atomic E-state index is 12.6. The van der Waals surface area contributed by atoms with Crippen molar-refractivity contribution in [2.24, 2.45) is 11.8 Å². The van der Waals surface area contributed by atoms with Crippen LogP contribution in [-0.4, -0.2) is 92.2 Å². The standard InChI is InChI=1S/C22H35N3O4/c1-23(2)13-14-24(3)11-9-19-16-25(12-10-18(19)15-22(27)28)21(26)17-29-20-7-5-4-6-8-20/h4-8,18-19H,9-17H2,1-3H3,(H,27,28)/t18-,19+/m0/s1. The molecule has 1 saturated heterocycles. The Morgan fingerprint density at radius 2 is 1.83 bits per heavy atom. The maximum absolute atomic E-state index is 12.6. The van der Waals surface area contributed by atoms with Crippen LogP contribution in [0.3, 0.4) is 0 Å². The Kier molecular flexibility index (Phi) is 9.41. The number of hydrogen-bond acceptors (Lipinski definition) is 5. The van der Waals surface area contributed by atoms with Crippen LogP contribution in [0.1, 0.15) is 19.3 Å². The number of carbonyl (C=O) groups excluding carboxylic acids is 1. The molecule has 2 atom stereocenters. The highest BCUT2D eigenvalue weighted by Gasteiger charge is 2.32. The minimum Gasteiger partial charge on any atom is -0.484 e. The van der Waals surface area contributed by atoms with Gasteiger partial charge in [-0.2, -0.15) is 0 Å². The predicted molar refractivity (Wildman–Crippen MR) is 113 cm³/mol. The Hall–Kier alpha value is -2.12. The fraction of sp³-hybridized carbons (Fsp3) is 0.636. The molecule has 1 amide bonds. The second kappa shape index (κ2) is 11.8. The van der Waals surface area contributed by atoms with Crippen LogP contribution in [0.15, 0.2) is 30.3 Å². The summed E-state index contributed by atoms with van der Waals surface area (Å²) < 4.78 is 5.60. The molecule has 1 aromatic rings. The summed E-state index contributed by atoms with van der Waals surface area (Å²) in [6, 6.07) is 9.32. The van der Waals surface area contributed by atoms with Crippen molar-refractivity contribution in [1.82, 2.24) is 14.7 Å². The summed E-state index contributed by atoms with van der Waals surface area (Å²) in [6.07, 6.45) is 1.80. The third-order valence-corrected chi connectivity index (χ3v) is 5.60. The number of nitrogens with zero attached hydrogens (tertiary/aromatic N) is 3. The van der Waals surface area contributed by atoms with E-state index in [0.29, 0.717) is 18.8 Å². The van der Waals surface area contributed by atoms with Gasteiger partial charge >= 0.3 is 5.97 Å². The SMILES string of the molecule is CN(C)CCN(C)CC[C@@H]1CN(C(=O)COc2ccccc2)CC[C@H]1CC(=O)O. The molecule has 0 bridgehead atoms. The molecular weight excluding hydrogens is 370 g/mol. The summed E-state index contributed by atoms with van der Waals surface area (Å²) in [4.78, 5) is 30.2. The zero-order valence-electron chi connectivity index (χ0n) is 17.9.